The largest absolute Gasteiger partial charge is 0.468 e. The summed E-state index contributed by atoms with van der Waals surface area (Å²) in [4.78, 5) is 29.7. The predicted octanol–water partition coefficient (Wildman–Crippen LogP) is 2.40. The van der Waals surface area contributed by atoms with Crippen molar-refractivity contribution in [3.63, 3.8) is 0 Å². The lowest BCUT2D eigenvalue weighted by Crippen LogP contribution is -2.42. The number of hydrogen-bond donors (Lipinski definition) is 0. The third kappa shape index (κ3) is 3.56. The molecule has 1 aromatic heterocycles. The molecule has 0 aliphatic heterocycles. The number of hydrogen-bond acceptors (Lipinski definition) is 4. The summed E-state index contributed by atoms with van der Waals surface area (Å²) in [6.07, 6.45) is 7.19. The van der Waals surface area contributed by atoms with Crippen molar-refractivity contribution in [3.8, 4) is 0 Å². The zero-order valence-electron chi connectivity index (χ0n) is 11.3. The quantitative estimate of drug-likeness (QED) is 0.789. The van der Waals surface area contributed by atoms with Crippen LogP contribution in [-0.4, -0.2) is 41.5 Å². The predicted molar refractivity (Wildman–Crippen MR) is 77.2 cm³/mol. The molecule has 0 spiro atoms. The summed E-state index contributed by atoms with van der Waals surface area (Å²) in [5.41, 5.74) is 0.482. The minimum absolute atomic E-state index is 0.00743. The van der Waals surface area contributed by atoms with Crippen LogP contribution in [0, 0.1) is 0 Å². The molecule has 20 heavy (non-hydrogen) atoms. The number of ether oxygens (including phenoxy) is 1. The molecule has 108 valence electrons. The van der Waals surface area contributed by atoms with Gasteiger partial charge in [-0.1, -0.05) is 12.8 Å². The molecule has 1 saturated carbocycles. The molecule has 1 aromatic rings. The van der Waals surface area contributed by atoms with E-state index in [1.54, 1.807) is 17.2 Å². The van der Waals surface area contributed by atoms with Crippen LogP contribution in [0.5, 0.6) is 0 Å². The van der Waals surface area contributed by atoms with E-state index in [0.717, 1.165) is 30.2 Å². The van der Waals surface area contributed by atoms with Gasteiger partial charge in [0.2, 0.25) is 0 Å². The van der Waals surface area contributed by atoms with E-state index in [2.05, 4.69) is 20.9 Å². The van der Waals surface area contributed by atoms with E-state index in [0.29, 0.717) is 5.56 Å². The Morgan fingerprint density at radius 3 is 2.70 bits per heavy atom. The molecule has 0 radical (unpaired) electrons. The summed E-state index contributed by atoms with van der Waals surface area (Å²) in [7, 11) is 1.33. The molecule has 0 aromatic carbocycles. The lowest BCUT2D eigenvalue weighted by Gasteiger charge is -2.27. The highest BCUT2D eigenvalue weighted by molar-refractivity contribution is 9.10. The number of nitrogens with zero attached hydrogens (tertiary/aromatic N) is 2. The maximum atomic E-state index is 12.6. The van der Waals surface area contributed by atoms with Gasteiger partial charge in [0.15, 0.2) is 0 Å². The van der Waals surface area contributed by atoms with Crippen LogP contribution in [0.3, 0.4) is 0 Å². The number of amides is 1. The summed E-state index contributed by atoms with van der Waals surface area (Å²) < 4.78 is 5.44. The van der Waals surface area contributed by atoms with E-state index in [-0.39, 0.29) is 18.5 Å². The van der Waals surface area contributed by atoms with Gasteiger partial charge in [-0.15, -0.1) is 0 Å². The maximum absolute atomic E-state index is 12.6. The van der Waals surface area contributed by atoms with Gasteiger partial charge in [-0.3, -0.25) is 14.6 Å². The summed E-state index contributed by atoms with van der Waals surface area (Å²) in [5.74, 6) is -0.565. The number of carbonyl (C=O) groups excluding carboxylic acids is 2. The molecule has 0 saturated heterocycles. The first kappa shape index (κ1) is 15.0. The van der Waals surface area contributed by atoms with E-state index in [1.807, 2.05) is 0 Å². The molecule has 1 amide bonds. The number of rotatable bonds is 4. The molecule has 0 unspecified atom stereocenters. The lowest BCUT2D eigenvalue weighted by atomic mass is 10.1. The Labute approximate surface area is 126 Å². The van der Waals surface area contributed by atoms with E-state index < -0.39 is 5.97 Å². The molecule has 2 rings (SSSR count). The summed E-state index contributed by atoms with van der Waals surface area (Å²) in [5, 5.41) is 0. The van der Waals surface area contributed by atoms with Crippen LogP contribution in [0.15, 0.2) is 22.9 Å². The first-order valence-corrected chi connectivity index (χ1v) is 7.39. The van der Waals surface area contributed by atoms with Crippen LogP contribution in [0.1, 0.15) is 36.0 Å². The minimum atomic E-state index is -0.395. The van der Waals surface area contributed by atoms with Crippen molar-refractivity contribution in [2.24, 2.45) is 0 Å². The normalized spacial score (nSPS) is 15.1. The number of carbonyl (C=O) groups is 2. The van der Waals surface area contributed by atoms with Crippen LogP contribution >= 0.6 is 15.9 Å². The second-order valence-corrected chi connectivity index (χ2v) is 5.75. The highest BCUT2D eigenvalue weighted by Gasteiger charge is 2.29. The second-order valence-electron chi connectivity index (χ2n) is 4.84. The van der Waals surface area contributed by atoms with Crippen LogP contribution in [0.25, 0.3) is 0 Å². The zero-order valence-corrected chi connectivity index (χ0v) is 12.9. The zero-order chi connectivity index (χ0) is 14.5. The summed E-state index contributed by atoms with van der Waals surface area (Å²) >= 11 is 3.30. The highest BCUT2D eigenvalue weighted by atomic mass is 79.9. The maximum Gasteiger partial charge on any atom is 0.325 e. The van der Waals surface area contributed by atoms with Gasteiger partial charge in [-0.25, -0.2) is 0 Å². The molecular weight excluding hydrogens is 324 g/mol. The van der Waals surface area contributed by atoms with Crippen LogP contribution in [-0.2, 0) is 9.53 Å². The molecule has 1 heterocycles. The monoisotopic (exact) mass is 340 g/mol. The van der Waals surface area contributed by atoms with E-state index in [1.165, 1.54) is 13.3 Å². The molecule has 1 aliphatic carbocycles. The van der Waals surface area contributed by atoms with Crippen molar-refractivity contribution in [2.75, 3.05) is 13.7 Å². The lowest BCUT2D eigenvalue weighted by molar-refractivity contribution is -0.141. The van der Waals surface area contributed by atoms with Gasteiger partial charge in [0.05, 0.1) is 12.7 Å². The number of esters is 1. The Morgan fingerprint density at radius 2 is 2.10 bits per heavy atom. The average molecular weight is 341 g/mol. The SMILES string of the molecule is COC(=O)CN(C(=O)c1cncc(Br)c1)C1CCCC1. The minimum Gasteiger partial charge on any atom is -0.468 e. The first-order valence-electron chi connectivity index (χ1n) is 6.60. The van der Waals surface area contributed by atoms with Gasteiger partial charge in [-0.2, -0.15) is 0 Å². The Kier molecular flexibility index (Phi) is 5.11. The number of pyridine rings is 1. The van der Waals surface area contributed by atoms with Crippen LogP contribution in [0.4, 0.5) is 0 Å². The molecule has 5 nitrogen and oxygen atoms in total. The third-order valence-electron chi connectivity index (χ3n) is 3.51. The van der Waals surface area contributed by atoms with E-state index >= 15 is 0 Å². The standard InChI is InChI=1S/C14H17BrN2O3/c1-20-13(18)9-17(12-4-2-3-5-12)14(19)10-6-11(15)8-16-7-10/h6-8,12H,2-5,9H2,1H3. The fourth-order valence-electron chi connectivity index (χ4n) is 2.48. The van der Waals surface area contributed by atoms with E-state index in [4.69, 9.17) is 4.74 Å². The fourth-order valence-corrected chi connectivity index (χ4v) is 2.85. The number of aromatic nitrogens is 1. The smallest absolute Gasteiger partial charge is 0.325 e. The molecule has 1 fully saturated rings. The highest BCUT2D eigenvalue weighted by Crippen LogP contribution is 2.25. The molecular formula is C14H17BrN2O3. The van der Waals surface area contributed by atoms with Crippen LogP contribution in [0.2, 0.25) is 0 Å². The topological polar surface area (TPSA) is 59.5 Å². The van der Waals surface area contributed by atoms with Gasteiger partial charge < -0.3 is 9.64 Å². The van der Waals surface area contributed by atoms with Crippen LogP contribution < -0.4 is 0 Å². The summed E-state index contributed by atoms with van der Waals surface area (Å²) in [6, 6.07) is 1.83. The Bertz CT molecular complexity index is 501. The second kappa shape index (κ2) is 6.83. The summed E-state index contributed by atoms with van der Waals surface area (Å²) in [6.45, 7) is -0.00743. The Balaban J connectivity index is 2.20. The molecule has 0 atom stereocenters. The van der Waals surface area contributed by atoms with Gasteiger partial charge in [-0.05, 0) is 34.8 Å². The van der Waals surface area contributed by atoms with Gasteiger partial charge >= 0.3 is 5.97 Å². The molecule has 1 aliphatic rings. The third-order valence-corrected chi connectivity index (χ3v) is 3.94. The van der Waals surface area contributed by atoms with E-state index in [9.17, 15) is 9.59 Å². The number of halogens is 1. The average Bonchev–Trinajstić information content (AvgIpc) is 2.97. The number of methoxy groups -OCH3 is 1. The van der Waals surface area contributed by atoms with Crippen molar-refractivity contribution in [1.82, 2.24) is 9.88 Å². The fraction of sp³-hybridized carbons (Fsp3) is 0.500. The van der Waals surface area contributed by atoms with Gasteiger partial charge in [0.1, 0.15) is 6.54 Å². The van der Waals surface area contributed by atoms with Crippen molar-refractivity contribution in [3.05, 3.63) is 28.5 Å². The Morgan fingerprint density at radius 1 is 1.40 bits per heavy atom. The molecule has 6 heteroatoms. The van der Waals surface area contributed by atoms with Crippen molar-refractivity contribution in [2.45, 2.75) is 31.7 Å². The first-order chi connectivity index (χ1) is 9.61. The molecule has 0 bridgehead atoms. The van der Waals surface area contributed by atoms with Crippen molar-refractivity contribution in [1.29, 1.82) is 0 Å². The van der Waals surface area contributed by atoms with Crippen molar-refractivity contribution >= 4 is 27.8 Å². The molecule has 0 N–H and O–H groups in total. The van der Waals surface area contributed by atoms with Gasteiger partial charge in [0.25, 0.3) is 5.91 Å². The van der Waals surface area contributed by atoms with Gasteiger partial charge in [0, 0.05) is 22.9 Å². The van der Waals surface area contributed by atoms with Crippen molar-refractivity contribution < 1.29 is 14.3 Å². The Hall–Kier alpha value is -1.43.